The van der Waals surface area contributed by atoms with Crippen LogP contribution in [-0.4, -0.2) is 60.4 Å². The van der Waals surface area contributed by atoms with Gasteiger partial charge in [-0.05, 0) is 18.9 Å². The fourth-order valence-corrected chi connectivity index (χ4v) is 3.77. The lowest BCUT2D eigenvalue weighted by atomic mass is 10.1. The van der Waals surface area contributed by atoms with Crippen molar-refractivity contribution in [3.63, 3.8) is 0 Å². The minimum absolute atomic E-state index is 0.210. The van der Waals surface area contributed by atoms with E-state index in [1.165, 1.54) is 6.20 Å². The first-order valence-electron chi connectivity index (χ1n) is 9.45. The second kappa shape index (κ2) is 8.59. The van der Waals surface area contributed by atoms with Crippen molar-refractivity contribution in [1.82, 2.24) is 15.0 Å². The van der Waals surface area contributed by atoms with Gasteiger partial charge in [0.05, 0.1) is 23.9 Å². The third-order valence-electron chi connectivity index (χ3n) is 5.05. The molecule has 4 rings (SSSR count). The molecule has 4 heterocycles. The lowest BCUT2D eigenvalue weighted by Crippen LogP contribution is -2.43. The summed E-state index contributed by atoms with van der Waals surface area (Å²) in [6, 6.07) is 6.02. The van der Waals surface area contributed by atoms with E-state index in [1.54, 1.807) is 12.4 Å². The Balaban J connectivity index is 1.46. The molecule has 2 aliphatic rings. The van der Waals surface area contributed by atoms with E-state index in [1.807, 2.05) is 0 Å². The zero-order valence-electron chi connectivity index (χ0n) is 15.5. The normalized spacial score (nSPS) is 19.9. The van der Waals surface area contributed by atoms with Crippen LogP contribution in [0.15, 0.2) is 24.7 Å². The Kier molecular flexibility index (Phi) is 5.74. The minimum Gasteiger partial charge on any atom is -0.379 e. The summed E-state index contributed by atoms with van der Waals surface area (Å²) in [7, 11) is 0. The molecule has 2 fully saturated rings. The van der Waals surface area contributed by atoms with Crippen LogP contribution in [0.1, 0.15) is 18.5 Å². The first-order valence-corrected chi connectivity index (χ1v) is 9.82. The lowest BCUT2D eigenvalue weighted by molar-refractivity contribution is 0.122. The highest BCUT2D eigenvalue weighted by atomic mass is 35.5. The maximum absolute atomic E-state index is 9.07. The highest BCUT2D eigenvalue weighted by molar-refractivity contribution is 6.33. The monoisotopic (exact) mass is 399 g/mol. The smallest absolute Gasteiger partial charge is 0.142 e. The van der Waals surface area contributed by atoms with Gasteiger partial charge in [0.15, 0.2) is 0 Å². The number of pyridine rings is 1. The van der Waals surface area contributed by atoms with E-state index < -0.39 is 0 Å². The van der Waals surface area contributed by atoms with E-state index in [2.05, 4.69) is 42.2 Å². The number of ether oxygens (including phenoxy) is 1. The van der Waals surface area contributed by atoms with Crippen LogP contribution in [0.3, 0.4) is 0 Å². The molecule has 8 nitrogen and oxygen atoms in total. The largest absolute Gasteiger partial charge is 0.379 e. The number of anilines is 3. The number of hydrogen-bond acceptors (Lipinski definition) is 8. The molecule has 0 saturated carbocycles. The molecule has 2 saturated heterocycles. The van der Waals surface area contributed by atoms with Gasteiger partial charge in [0.2, 0.25) is 0 Å². The van der Waals surface area contributed by atoms with Crippen LogP contribution in [0.4, 0.5) is 17.3 Å². The van der Waals surface area contributed by atoms with Crippen molar-refractivity contribution in [3.05, 3.63) is 35.4 Å². The molecule has 0 spiro atoms. The number of piperidine rings is 1. The third-order valence-corrected chi connectivity index (χ3v) is 5.35. The zero-order chi connectivity index (χ0) is 19.3. The molecule has 28 heavy (non-hydrogen) atoms. The zero-order valence-corrected chi connectivity index (χ0v) is 16.3. The van der Waals surface area contributed by atoms with E-state index in [9.17, 15) is 0 Å². The number of halogens is 1. The first-order chi connectivity index (χ1) is 13.7. The number of aromatic nitrogens is 3. The molecule has 1 unspecified atom stereocenters. The fourth-order valence-electron chi connectivity index (χ4n) is 3.61. The van der Waals surface area contributed by atoms with E-state index in [0.29, 0.717) is 10.7 Å². The highest BCUT2D eigenvalue weighted by Gasteiger charge is 2.23. The van der Waals surface area contributed by atoms with Crippen LogP contribution in [0.25, 0.3) is 0 Å². The summed E-state index contributed by atoms with van der Waals surface area (Å²) in [5.74, 6) is 1.88. The van der Waals surface area contributed by atoms with Crippen molar-refractivity contribution in [2.75, 3.05) is 54.5 Å². The quantitative estimate of drug-likeness (QED) is 0.837. The van der Waals surface area contributed by atoms with Crippen molar-refractivity contribution in [2.45, 2.75) is 18.9 Å². The van der Waals surface area contributed by atoms with Crippen LogP contribution in [0, 0.1) is 11.3 Å². The number of hydrogen-bond donors (Lipinski definition) is 1. The van der Waals surface area contributed by atoms with Gasteiger partial charge in [-0.2, -0.15) is 5.26 Å². The molecule has 0 aromatic carbocycles. The Labute approximate surface area is 169 Å². The maximum Gasteiger partial charge on any atom is 0.142 e. The molecule has 0 bridgehead atoms. The van der Waals surface area contributed by atoms with Crippen LogP contribution >= 0.6 is 11.6 Å². The van der Waals surface area contributed by atoms with Crippen LogP contribution in [-0.2, 0) is 4.74 Å². The summed E-state index contributed by atoms with van der Waals surface area (Å²) in [4.78, 5) is 17.4. The Morgan fingerprint density at radius 2 is 1.89 bits per heavy atom. The molecule has 1 N–H and O–H groups in total. The summed E-state index contributed by atoms with van der Waals surface area (Å²) in [6.45, 7) is 4.91. The van der Waals surface area contributed by atoms with E-state index >= 15 is 0 Å². The maximum atomic E-state index is 9.07. The second-order valence-corrected chi connectivity index (χ2v) is 7.33. The highest BCUT2D eigenvalue weighted by Crippen LogP contribution is 2.26. The fraction of sp³-hybridized carbons (Fsp3) is 0.474. The molecular weight excluding hydrogens is 378 g/mol. The van der Waals surface area contributed by atoms with Crippen molar-refractivity contribution in [2.24, 2.45) is 0 Å². The number of nitriles is 1. The summed E-state index contributed by atoms with van der Waals surface area (Å²) >= 11 is 6.25. The van der Waals surface area contributed by atoms with E-state index in [0.717, 1.165) is 69.6 Å². The third kappa shape index (κ3) is 4.26. The average molecular weight is 400 g/mol. The van der Waals surface area contributed by atoms with Crippen molar-refractivity contribution < 1.29 is 4.74 Å². The van der Waals surface area contributed by atoms with Gasteiger partial charge in [0.1, 0.15) is 29.7 Å². The van der Waals surface area contributed by atoms with Crippen LogP contribution in [0.5, 0.6) is 0 Å². The Hall–Kier alpha value is -2.63. The first kappa shape index (κ1) is 18.7. The molecule has 9 heteroatoms. The number of nitrogens with zero attached hydrogens (tertiary/aromatic N) is 6. The van der Waals surface area contributed by atoms with Gasteiger partial charge in [-0.1, -0.05) is 11.6 Å². The summed E-state index contributed by atoms with van der Waals surface area (Å²) in [6.07, 6.45) is 5.22. The van der Waals surface area contributed by atoms with Crippen molar-refractivity contribution >= 4 is 28.9 Å². The molecular formula is C19H22ClN7O. The van der Waals surface area contributed by atoms with Crippen LogP contribution in [0.2, 0.25) is 5.02 Å². The predicted molar refractivity (Wildman–Crippen MR) is 108 cm³/mol. The van der Waals surface area contributed by atoms with E-state index in [4.69, 9.17) is 21.6 Å². The molecule has 2 aromatic heterocycles. The van der Waals surface area contributed by atoms with Gasteiger partial charge in [-0.3, -0.25) is 0 Å². The van der Waals surface area contributed by atoms with Crippen LogP contribution < -0.4 is 15.1 Å². The lowest BCUT2D eigenvalue weighted by Gasteiger charge is -2.35. The Morgan fingerprint density at radius 1 is 1.11 bits per heavy atom. The van der Waals surface area contributed by atoms with Gasteiger partial charge in [0.25, 0.3) is 0 Å². The molecule has 0 amide bonds. The van der Waals surface area contributed by atoms with Gasteiger partial charge >= 0.3 is 0 Å². The second-order valence-electron chi connectivity index (χ2n) is 6.92. The molecule has 0 radical (unpaired) electrons. The van der Waals surface area contributed by atoms with Gasteiger partial charge in [-0.15, -0.1) is 0 Å². The number of morpholine rings is 1. The molecule has 0 aliphatic carbocycles. The van der Waals surface area contributed by atoms with Crippen molar-refractivity contribution in [3.8, 4) is 6.07 Å². The Bertz CT molecular complexity index is 866. The SMILES string of the molecule is N#Cc1cc(NC2CCCN(c3cc(N4CCOCC4)ncn3)C2)c(Cl)cn1. The summed E-state index contributed by atoms with van der Waals surface area (Å²) in [5.41, 5.74) is 1.10. The van der Waals surface area contributed by atoms with Crippen molar-refractivity contribution in [1.29, 1.82) is 5.26 Å². The van der Waals surface area contributed by atoms with Gasteiger partial charge in [-0.25, -0.2) is 15.0 Å². The average Bonchev–Trinajstić information content (AvgIpc) is 2.76. The number of rotatable bonds is 4. The summed E-state index contributed by atoms with van der Waals surface area (Å²) in [5, 5.41) is 13.1. The topological polar surface area (TPSA) is 90.2 Å². The van der Waals surface area contributed by atoms with Gasteiger partial charge in [0, 0.05) is 44.5 Å². The molecule has 146 valence electrons. The molecule has 2 aromatic rings. The standard InChI is InChI=1S/C19H22ClN7O/c20-16-11-22-15(10-21)8-17(16)25-14-2-1-3-27(12-14)19-9-18(23-13-24-19)26-4-6-28-7-5-26/h8-9,11,13-14H,1-7,12H2,(H,22,25). The predicted octanol–water partition coefficient (Wildman–Crippen LogP) is 2.31. The Morgan fingerprint density at radius 3 is 2.68 bits per heavy atom. The van der Waals surface area contributed by atoms with E-state index in [-0.39, 0.29) is 6.04 Å². The molecule has 2 aliphatic heterocycles. The molecule has 1 atom stereocenters. The van der Waals surface area contributed by atoms with Gasteiger partial charge < -0.3 is 19.9 Å². The number of nitrogens with one attached hydrogen (secondary N) is 1. The summed E-state index contributed by atoms with van der Waals surface area (Å²) < 4.78 is 5.43. The minimum atomic E-state index is 0.210.